The highest BCUT2D eigenvalue weighted by molar-refractivity contribution is 7.97. The van der Waals surface area contributed by atoms with Gasteiger partial charge in [0, 0.05) is 50.0 Å². The standard InChI is InChI=1S/C23H24FN5O4S/c1-12-6-15(4-5-16(12)24)25-22(30)20-21-19(10-28(20)3)34-27-18-9-29(8-14(18)11-32-21)23(31)17-7-13(2)33-26-17/h4-7,10,14,18,27H,8-9,11H2,1-3H3,(H,25,30)/t14-,18-/m1/s1. The lowest BCUT2D eigenvalue weighted by atomic mass is 10.1. The van der Waals surface area contributed by atoms with Crippen LogP contribution in [0.4, 0.5) is 10.1 Å². The molecule has 11 heteroatoms. The number of nitrogens with zero attached hydrogens (tertiary/aromatic N) is 3. The first-order chi connectivity index (χ1) is 16.3. The number of aromatic nitrogens is 2. The van der Waals surface area contributed by atoms with E-state index < -0.39 is 0 Å². The number of carbonyl (C=O) groups excluding carboxylic acids is 2. The third-order valence-electron chi connectivity index (χ3n) is 6.07. The number of anilines is 1. The second-order valence-corrected chi connectivity index (χ2v) is 9.51. The normalized spacial score (nSPS) is 19.6. The number of nitrogens with one attached hydrogen (secondary N) is 2. The molecule has 2 aliphatic heterocycles. The molecule has 0 saturated carbocycles. The fraction of sp³-hybridized carbons (Fsp3) is 0.348. The first-order valence-corrected chi connectivity index (χ1v) is 11.7. The van der Waals surface area contributed by atoms with Gasteiger partial charge in [-0.1, -0.05) is 5.16 Å². The van der Waals surface area contributed by atoms with Gasteiger partial charge in [0.25, 0.3) is 11.8 Å². The molecule has 2 N–H and O–H groups in total. The van der Waals surface area contributed by atoms with Crippen LogP contribution in [0.25, 0.3) is 0 Å². The number of carbonyl (C=O) groups is 2. The summed E-state index contributed by atoms with van der Waals surface area (Å²) in [7, 11) is 1.78. The lowest BCUT2D eigenvalue weighted by molar-refractivity contribution is 0.0772. The van der Waals surface area contributed by atoms with Crippen molar-refractivity contribution in [2.45, 2.75) is 24.8 Å². The van der Waals surface area contributed by atoms with Crippen LogP contribution in [-0.4, -0.2) is 52.2 Å². The predicted octanol–water partition coefficient (Wildman–Crippen LogP) is 3.15. The van der Waals surface area contributed by atoms with Crippen LogP contribution in [0.5, 0.6) is 5.75 Å². The first-order valence-electron chi connectivity index (χ1n) is 10.8. The summed E-state index contributed by atoms with van der Waals surface area (Å²) in [5.74, 6) is 0.244. The maximum atomic E-state index is 13.6. The summed E-state index contributed by atoms with van der Waals surface area (Å²) in [6.45, 7) is 4.75. The zero-order valence-electron chi connectivity index (χ0n) is 18.9. The number of ether oxygens (including phenoxy) is 1. The average molecular weight is 486 g/mol. The van der Waals surface area contributed by atoms with Crippen LogP contribution >= 0.6 is 11.9 Å². The Labute approximate surface area is 199 Å². The number of aryl methyl sites for hydroxylation is 3. The zero-order valence-corrected chi connectivity index (χ0v) is 19.7. The second-order valence-electron chi connectivity index (χ2n) is 8.63. The Kier molecular flexibility index (Phi) is 5.82. The van der Waals surface area contributed by atoms with E-state index in [0.29, 0.717) is 53.8 Å². The lowest BCUT2D eigenvalue weighted by Crippen LogP contribution is -2.36. The molecule has 34 heavy (non-hydrogen) atoms. The lowest BCUT2D eigenvalue weighted by Gasteiger charge is -2.23. The van der Waals surface area contributed by atoms with Crippen molar-refractivity contribution in [2.24, 2.45) is 13.0 Å². The van der Waals surface area contributed by atoms with Crippen molar-refractivity contribution < 1.29 is 23.2 Å². The van der Waals surface area contributed by atoms with Crippen molar-refractivity contribution in [3.63, 3.8) is 0 Å². The van der Waals surface area contributed by atoms with Gasteiger partial charge in [-0.2, -0.15) is 0 Å². The third kappa shape index (κ3) is 4.16. The monoisotopic (exact) mass is 485 g/mol. The van der Waals surface area contributed by atoms with E-state index in [0.717, 1.165) is 4.90 Å². The average Bonchev–Trinajstić information content (AvgIpc) is 3.48. The molecule has 2 aliphatic rings. The molecule has 5 rings (SSSR count). The number of rotatable bonds is 3. The minimum absolute atomic E-state index is 0.0229. The highest BCUT2D eigenvalue weighted by atomic mass is 32.2. The molecule has 1 aromatic carbocycles. The molecule has 1 fully saturated rings. The van der Waals surface area contributed by atoms with Gasteiger partial charge in [0.1, 0.15) is 11.6 Å². The van der Waals surface area contributed by atoms with Crippen molar-refractivity contribution in [2.75, 3.05) is 25.0 Å². The van der Waals surface area contributed by atoms with Crippen LogP contribution in [0.3, 0.4) is 0 Å². The van der Waals surface area contributed by atoms with Gasteiger partial charge >= 0.3 is 0 Å². The number of amides is 2. The van der Waals surface area contributed by atoms with Crippen LogP contribution in [0, 0.1) is 25.6 Å². The van der Waals surface area contributed by atoms with Crippen LogP contribution in [-0.2, 0) is 7.05 Å². The van der Waals surface area contributed by atoms with Crippen molar-refractivity contribution in [1.82, 2.24) is 19.3 Å². The van der Waals surface area contributed by atoms with Crippen molar-refractivity contribution in [3.8, 4) is 5.75 Å². The van der Waals surface area contributed by atoms with E-state index in [1.807, 2.05) is 6.20 Å². The summed E-state index contributed by atoms with van der Waals surface area (Å²) in [5.41, 5.74) is 1.61. The Morgan fingerprint density at radius 3 is 2.82 bits per heavy atom. The molecule has 2 atom stereocenters. The molecule has 0 unspecified atom stereocenters. The van der Waals surface area contributed by atoms with Gasteiger partial charge in [-0.15, -0.1) is 0 Å². The summed E-state index contributed by atoms with van der Waals surface area (Å²) in [6.07, 6.45) is 1.83. The molecule has 2 aromatic heterocycles. The van der Waals surface area contributed by atoms with Gasteiger partial charge in [-0.05, 0) is 49.6 Å². The number of benzene rings is 1. The van der Waals surface area contributed by atoms with Crippen LogP contribution in [0.1, 0.15) is 32.3 Å². The largest absolute Gasteiger partial charge is 0.489 e. The van der Waals surface area contributed by atoms with Gasteiger partial charge in [-0.3, -0.25) is 14.3 Å². The maximum absolute atomic E-state index is 13.6. The molecule has 0 radical (unpaired) electrons. The number of fused-ring (bicyclic) bond motifs is 2. The Bertz CT molecular complexity index is 1270. The van der Waals surface area contributed by atoms with Crippen molar-refractivity contribution >= 4 is 29.4 Å². The molecular weight excluding hydrogens is 461 g/mol. The van der Waals surface area contributed by atoms with E-state index in [-0.39, 0.29) is 29.6 Å². The SMILES string of the molecule is Cc1cc(C(=O)N2C[C@@H]3COc4c(cn(C)c4C(=O)Nc4ccc(F)c(C)c4)SN[C@@H]3C2)no1. The minimum atomic E-state index is -0.350. The summed E-state index contributed by atoms with van der Waals surface area (Å²) in [4.78, 5) is 28.4. The quantitative estimate of drug-likeness (QED) is 0.550. The maximum Gasteiger partial charge on any atom is 0.276 e. The highest BCUT2D eigenvalue weighted by Crippen LogP contribution is 2.37. The summed E-state index contributed by atoms with van der Waals surface area (Å²) in [6, 6.07) is 6.09. The van der Waals surface area contributed by atoms with E-state index >= 15 is 0 Å². The van der Waals surface area contributed by atoms with E-state index in [4.69, 9.17) is 9.26 Å². The zero-order chi connectivity index (χ0) is 24.0. The van der Waals surface area contributed by atoms with Gasteiger partial charge in [0.15, 0.2) is 17.1 Å². The van der Waals surface area contributed by atoms with Gasteiger partial charge in [0.2, 0.25) is 0 Å². The Morgan fingerprint density at radius 1 is 1.26 bits per heavy atom. The molecule has 9 nitrogen and oxygen atoms in total. The third-order valence-corrected chi connectivity index (χ3v) is 7.00. The topological polar surface area (TPSA) is 102 Å². The van der Waals surface area contributed by atoms with Gasteiger partial charge < -0.3 is 24.0 Å². The molecular formula is C23H24FN5O4S. The second kappa shape index (κ2) is 8.80. The van der Waals surface area contributed by atoms with Crippen LogP contribution in [0.2, 0.25) is 0 Å². The molecule has 0 aliphatic carbocycles. The Morgan fingerprint density at radius 2 is 2.09 bits per heavy atom. The predicted molar refractivity (Wildman–Crippen MR) is 123 cm³/mol. The molecule has 4 heterocycles. The van der Waals surface area contributed by atoms with Gasteiger partial charge in [0.05, 0.1) is 11.5 Å². The highest BCUT2D eigenvalue weighted by Gasteiger charge is 2.39. The van der Waals surface area contributed by atoms with Gasteiger partial charge in [-0.25, -0.2) is 4.39 Å². The fourth-order valence-corrected chi connectivity index (χ4v) is 5.27. The smallest absolute Gasteiger partial charge is 0.276 e. The number of hydrogen-bond acceptors (Lipinski definition) is 7. The first kappa shape index (κ1) is 22.5. The molecule has 178 valence electrons. The Hall–Kier alpha value is -3.31. The molecule has 2 amide bonds. The van der Waals surface area contributed by atoms with E-state index in [1.54, 1.807) is 42.5 Å². The summed E-state index contributed by atoms with van der Waals surface area (Å²) >= 11 is 1.38. The molecule has 0 spiro atoms. The number of hydrogen-bond donors (Lipinski definition) is 2. The van der Waals surface area contributed by atoms with E-state index in [9.17, 15) is 14.0 Å². The Balaban J connectivity index is 1.32. The van der Waals surface area contributed by atoms with Crippen molar-refractivity contribution in [3.05, 3.63) is 59.0 Å². The fourth-order valence-electron chi connectivity index (χ4n) is 4.26. The summed E-state index contributed by atoms with van der Waals surface area (Å²) < 4.78 is 29.9. The minimum Gasteiger partial charge on any atom is -0.489 e. The molecule has 0 bridgehead atoms. The summed E-state index contributed by atoms with van der Waals surface area (Å²) in [5, 5.41) is 6.66. The van der Waals surface area contributed by atoms with Crippen molar-refractivity contribution in [1.29, 1.82) is 0 Å². The molecule has 3 aromatic rings. The van der Waals surface area contributed by atoms with Crippen LogP contribution < -0.4 is 14.8 Å². The molecule has 1 saturated heterocycles. The van der Waals surface area contributed by atoms with E-state index in [1.165, 1.54) is 24.1 Å². The van der Waals surface area contributed by atoms with E-state index in [2.05, 4.69) is 15.2 Å². The number of likely N-dealkylation sites (tertiary alicyclic amines) is 1. The van der Waals surface area contributed by atoms with Crippen LogP contribution in [0.15, 0.2) is 39.9 Å². The number of halogens is 1.